The van der Waals surface area contributed by atoms with E-state index in [0.717, 1.165) is 4.53 Å². The molecule has 1 N–H and O–H groups in total. The summed E-state index contributed by atoms with van der Waals surface area (Å²) in [6, 6.07) is 5.21. The van der Waals surface area contributed by atoms with Gasteiger partial charge in [-0.25, -0.2) is 0 Å². The van der Waals surface area contributed by atoms with Crippen molar-refractivity contribution in [3.63, 3.8) is 0 Å². The van der Waals surface area contributed by atoms with Crippen molar-refractivity contribution in [2.75, 3.05) is 12.5 Å². The first-order valence-electron chi connectivity index (χ1n) is 3.89. The summed E-state index contributed by atoms with van der Waals surface area (Å²) < 4.78 is 40.2. The third-order valence-electron chi connectivity index (χ3n) is 1.37. The first kappa shape index (κ1) is 11.9. The molecule has 3 nitrogen and oxygen atoms in total. The van der Waals surface area contributed by atoms with Gasteiger partial charge < -0.3 is 10.2 Å². The molecule has 0 bridgehead atoms. The molecule has 1 rings (SSSR count). The average molecular weight is 241 g/mol. The summed E-state index contributed by atoms with van der Waals surface area (Å²) in [7, 11) is 1.54. The molecule has 0 radical (unpaired) electrons. The van der Waals surface area contributed by atoms with Crippen LogP contribution in [0.5, 0.6) is 5.75 Å². The Morgan fingerprint density at radius 1 is 1.27 bits per heavy atom. The normalized spacial score (nSPS) is 11.6. The first-order valence-corrected chi connectivity index (χ1v) is 4.22. The molecule has 0 saturated heterocycles. The van der Waals surface area contributed by atoms with Crippen LogP contribution in [-0.4, -0.2) is 17.9 Å². The quantitative estimate of drug-likeness (QED) is 0.649. The Balaban J connectivity index is 2.64. The number of rotatable bonds is 3. The van der Waals surface area contributed by atoms with E-state index in [4.69, 9.17) is 11.8 Å². The summed E-state index contributed by atoms with van der Waals surface area (Å²) in [5.41, 5.74) is 3.21. The maximum atomic E-state index is 11.8. The highest BCUT2D eigenvalue weighted by Crippen LogP contribution is 2.23. The standard InChI is InChI=1S/C8H8ClF3N2O/c1-14(9)13-6-2-4-7(5-3-6)15-8(10,11)12/h2-5,13H,1H3. The van der Waals surface area contributed by atoms with E-state index in [1.54, 1.807) is 7.05 Å². The molecule has 0 fully saturated rings. The second-order valence-corrected chi connectivity index (χ2v) is 3.17. The molecule has 0 aromatic heterocycles. The van der Waals surface area contributed by atoms with Crippen LogP contribution in [0.1, 0.15) is 0 Å². The first-order chi connectivity index (χ1) is 6.87. The molecule has 0 unspecified atom stereocenters. The highest BCUT2D eigenvalue weighted by molar-refractivity contribution is 6.13. The summed E-state index contributed by atoms with van der Waals surface area (Å²) in [6.45, 7) is 0. The third kappa shape index (κ3) is 4.75. The van der Waals surface area contributed by atoms with E-state index in [0.29, 0.717) is 5.69 Å². The van der Waals surface area contributed by atoms with Crippen LogP contribution in [0, 0.1) is 0 Å². The second-order valence-electron chi connectivity index (χ2n) is 2.66. The largest absolute Gasteiger partial charge is 0.573 e. The Morgan fingerprint density at radius 2 is 1.80 bits per heavy atom. The smallest absolute Gasteiger partial charge is 0.406 e. The topological polar surface area (TPSA) is 24.5 Å². The van der Waals surface area contributed by atoms with Crippen LogP contribution in [-0.2, 0) is 0 Å². The molecule has 0 aliphatic rings. The molecule has 0 aliphatic heterocycles. The van der Waals surface area contributed by atoms with Gasteiger partial charge in [-0.15, -0.1) is 17.7 Å². The molecule has 0 spiro atoms. The lowest BCUT2D eigenvalue weighted by Gasteiger charge is -2.12. The minimum atomic E-state index is -4.67. The summed E-state index contributed by atoms with van der Waals surface area (Å²) >= 11 is 5.47. The lowest BCUT2D eigenvalue weighted by Crippen LogP contribution is -2.17. The molecule has 0 heterocycles. The molecular weight excluding hydrogens is 233 g/mol. The number of nitrogens with zero attached hydrogens (tertiary/aromatic N) is 1. The molecule has 7 heteroatoms. The van der Waals surface area contributed by atoms with Gasteiger partial charge in [0, 0.05) is 7.05 Å². The van der Waals surface area contributed by atoms with Crippen molar-refractivity contribution in [1.29, 1.82) is 0 Å². The summed E-state index contributed by atoms with van der Waals surface area (Å²) in [4.78, 5) is 0. The number of benzene rings is 1. The number of anilines is 1. The van der Waals surface area contributed by atoms with Crippen molar-refractivity contribution in [2.24, 2.45) is 0 Å². The molecule has 1 aromatic rings. The second kappa shape index (κ2) is 4.59. The predicted octanol–water partition coefficient (Wildman–Crippen LogP) is 3.00. The number of hydrogen-bond donors (Lipinski definition) is 1. The Hall–Kier alpha value is -1.14. The lowest BCUT2D eigenvalue weighted by atomic mass is 10.3. The van der Waals surface area contributed by atoms with Crippen molar-refractivity contribution in [3.8, 4) is 5.75 Å². The van der Waals surface area contributed by atoms with Crippen molar-refractivity contribution < 1.29 is 17.9 Å². The highest BCUT2D eigenvalue weighted by atomic mass is 35.5. The van der Waals surface area contributed by atoms with Crippen molar-refractivity contribution in [3.05, 3.63) is 24.3 Å². The molecular formula is C8H8ClF3N2O. The van der Waals surface area contributed by atoms with Gasteiger partial charge in [0.25, 0.3) is 0 Å². The van der Waals surface area contributed by atoms with Gasteiger partial charge in [0.15, 0.2) is 0 Å². The average Bonchev–Trinajstić information content (AvgIpc) is 2.05. The van der Waals surface area contributed by atoms with Gasteiger partial charge in [-0.05, 0) is 36.0 Å². The van der Waals surface area contributed by atoms with E-state index >= 15 is 0 Å². The maximum absolute atomic E-state index is 11.8. The van der Waals surface area contributed by atoms with Gasteiger partial charge in [-0.1, -0.05) is 0 Å². The molecule has 0 amide bonds. The number of hydrogen-bond acceptors (Lipinski definition) is 3. The zero-order chi connectivity index (χ0) is 11.5. The zero-order valence-corrected chi connectivity index (χ0v) is 8.43. The molecule has 0 atom stereocenters. The molecule has 0 aliphatic carbocycles. The van der Waals surface area contributed by atoms with Crippen LogP contribution in [0.3, 0.4) is 0 Å². The van der Waals surface area contributed by atoms with Crippen LogP contribution in [0.2, 0.25) is 0 Å². The van der Waals surface area contributed by atoms with E-state index in [1.807, 2.05) is 0 Å². The van der Waals surface area contributed by atoms with Crippen LogP contribution in [0.15, 0.2) is 24.3 Å². The van der Waals surface area contributed by atoms with Crippen molar-refractivity contribution >= 4 is 17.5 Å². The fourth-order valence-electron chi connectivity index (χ4n) is 0.909. The Bertz CT molecular complexity index is 313. The number of hydrazine groups is 1. The van der Waals surface area contributed by atoms with Crippen LogP contribution in [0.4, 0.5) is 18.9 Å². The summed E-state index contributed by atoms with van der Waals surface area (Å²) in [5, 5.41) is 0. The van der Waals surface area contributed by atoms with Gasteiger partial charge >= 0.3 is 6.36 Å². The minimum Gasteiger partial charge on any atom is -0.406 e. The van der Waals surface area contributed by atoms with E-state index < -0.39 is 6.36 Å². The minimum absolute atomic E-state index is 0.273. The van der Waals surface area contributed by atoms with E-state index in [-0.39, 0.29) is 5.75 Å². The Morgan fingerprint density at radius 3 is 2.20 bits per heavy atom. The van der Waals surface area contributed by atoms with Gasteiger partial charge in [0.2, 0.25) is 0 Å². The monoisotopic (exact) mass is 240 g/mol. The number of halogens is 4. The van der Waals surface area contributed by atoms with E-state index in [9.17, 15) is 13.2 Å². The van der Waals surface area contributed by atoms with E-state index in [2.05, 4.69) is 10.2 Å². The van der Waals surface area contributed by atoms with Crippen LogP contribution in [0.25, 0.3) is 0 Å². The number of nitrogens with one attached hydrogen (secondary N) is 1. The summed E-state index contributed by atoms with van der Waals surface area (Å²) in [6.07, 6.45) is -4.67. The summed E-state index contributed by atoms with van der Waals surface area (Å²) in [5.74, 6) is -0.273. The predicted molar refractivity (Wildman–Crippen MR) is 50.4 cm³/mol. The lowest BCUT2D eigenvalue weighted by molar-refractivity contribution is -0.274. The fraction of sp³-hybridized carbons (Fsp3) is 0.250. The maximum Gasteiger partial charge on any atom is 0.573 e. The molecule has 0 saturated carbocycles. The number of alkyl halides is 3. The van der Waals surface area contributed by atoms with Gasteiger partial charge in [0.05, 0.1) is 5.69 Å². The third-order valence-corrected chi connectivity index (χ3v) is 1.46. The zero-order valence-electron chi connectivity index (χ0n) is 7.68. The highest BCUT2D eigenvalue weighted by Gasteiger charge is 2.30. The number of ether oxygens (including phenoxy) is 1. The molecule has 15 heavy (non-hydrogen) atoms. The van der Waals surface area contributed by atoms with Crippen molar-refractivity contribution in [1.82, 2.24) is 4.53 Å². The SMILES string of the molecule is CN(Cl)Nc1ccc(OC(F)(F)F)cc1. The molecule has 1 aromatic carbocycles. The Labute approximate surface area is 89.5 Å². The van der Waals surface area contributed by atoms with Crippen LogP contribution < -0.4 is 10.2 Å². The van der Waals surface area contributed by atoms with Crippen LogP contribution >= 0.6 is 11.8 Å². The van der Waals surface area contributed by atoms with Gasteiger partial charge in [-0.3, -0.25) is 0 Å². The van der Waals surface area contributed by atoms with Gasteiger partial charge in [-0.2, -0.15) is 0 Å². The fourth-order valence-corrected chi connectivity index (χ4v) is 1.01. The Kier molecular flexibility index (Phi) is 3.65. The van der Waals surface area contributed by atoms with Gasteiger partial charge in [0.1, 0.15) is 5.75 Å². The van der Waals surface area contributed by atoms with E-state index in [1.165, 1.54) is 24.3 Å². The van der Waals surface area contributed by atoms with Crippen molar-refractivity contribution in [2.45, 2.75) is 6.36 Å². The molecule has 84 valence electrons.